The van der Waals surface area contributed by atoms with E-state index in [1.807, 2.05) is 75.4 Å². The van der Waals surface area contributed by atoms with Crippen molar-refractivity contribution in [2.24, 2.45) is 0 Å². The minimum Gasteiger partial charge on any atom is -0.486 e. The van der Waals surface area contributed by atoms with Crippen LogP contribution in [0.3, 0.4) is 0 Å². The molecule has 0 bridgehead atoms. The second-order valence-electron chi connectivity index (χ2n) is 8.29. The molecule has 1 unspecified atom stereocenters. The van der Waals surface area contributed by atoms with Gasteiger partial charge in [-0.05, 0) is 57.0 Å². The van der Waals surface area contributed by atoms with Crippen LogP contribution >= 0.6 is 0 Å². The third-order valence-electron chi connectivity index (χ3n) is 4.49. The standard InChI is InChI=1S/C25H33NO5/c1-25(2,3)31-24(28)18-26-17-16-22(20-8-6-5-7-9-20)30-21-13-10-19(11-14-21)12-15-23(27)29-4/h5-11,13-14,22,26H,12,15-18H2,1-4H3. The van der Waals surface area contributed by atoms with Gasteiger partial charge >= 0.3 is 11.9 Å². The number of hydrogen-bond acceptors (Lipinski definition) is 6. The summed E-state index contributed by atoms with van der Waals surface area (Å²) in [6.45, 7) is 6.32. The third-order valence-corrected chi connectivity index (χ3v) is 4.49. The maximum Gasteiger partial charge on any atom is 0.320 e. The summed E-state index contributed by atoms with van der Waals surface area (Å²) in [6.07, 6.45) is 1.51. The molecule has 2 aromatic carbocycles. The number of aryl methyl sites for hydroxylation is 1. The van der Waals surface area contributed by atoms with Crippen molar-refractivity contribution in [2.75, 3.05) is 20.2 Å². The zero-order valence-corrected chi connectivity index (χ0v) is 18.9. The average Bonchev–Trinajstić information content (AvgIpc) is 2.74. The van der Waals surface area contributed by atoms with Crippen LogP contribution in [0, 0.1) is 0 Å². The van der Waals surface area contributed by atoms with Gasteiger partial charge in [0, 0.05) is 12.8 Å². The van der Waals surface area contributed by atoms with Crippen LogP contribution in [0.4, 0.5) is 0 Å². The van der Waals surface area contributed by atoms with Crippen LogP contribution in [0.15, 0.2) is 54.6 Å². The molecule has 2 rings (SSSR count). The molecular weight excluding hydrogens is 394 g/mol. The van der Waals surface area contributed by atoms with Gasteiger partial charge in [-0.25, -0.2) is 0 Å². The van der Waals surface area contributed by atoms with Crippen molar-refractivity contribution in [2.45, 2.75) is 51.7 Å². The molecule has 2 aromatic rings. The van der Waals surface area contributed by atoms with E-state index < -0.39 is 5.60 Å². The number of esters is 2. The topological polar surface area (TPSA) is 73.9 Å². The molecule has 6 nitrogen and oxygen atoms in total. The second kappa shape index (κ2) is 12.1. The highest BCUT2D eigenvalue weighted by Gasteiger charge is 2.17. The summed E-state index contributed by atoms with van der Waals surface area (Å²) < 4.78 is 16.2. The Morgan fingerprint density at radius 1 is 0.968 bits per heavy atom. The maximum atomic E-state index is 11.9. The molecule has 0 radical (unpaired) electrons. The Balaban J connectivity index is 1.92. The Morgan fingerprint density at radius 3 is 2.26 bits per heavy atom. The summed E-state index contributed by atoms with van der Waals surface area (Å²) in [7, 11) is 1.39. The first-order valence-corrected chi connectivity index (χ1v) is 10.6. The lowest BCUT2D eigenvalue weighted by atomic mass is 10.1. The van der Waals surface area contributed by atoms with E-state index in [0.29, 0.717) is 25.8 Å². The van der Waals surface area contributed by atoms with Gasteiger partial charge in [-0.1, -0.05) is 42.5 Å². The summed E-state index contributed by atoms with van der Waals surface area (Å²) >= 11 is 0. The van der Waals surface area contributed by atoms with Gasteiger partial charge in [-0.3, -0.25) is 9.59 Å². The number of benzene rings is 2. The highest BCUT2D eigenvalue weighted by Crippen LogP contribution is 2.25. The lowest BCUT2D eigenvalue weighted by molar-refractivity contribution is -0.153. The molecule has 0 heterocycles. The van der Waals surface area contributed by atoms with Gasteiger partial charge in [0.05, 0.1) is 13.7 Å². The predicted molar refractivity (Wildman–Crippen MR) is 120 cm³/mol. The van der Waals surface area contributed by atoms with Crippen LogP contribution in [-0.2, 0) is 25.5 Å². The molecule has 0 amide bonds. The fraction of sp³-hybridized carbons (Fsp3) is 0.440. The molecule has 6 heteroatoms. The molecule has 1 N–H and O–H groups in total. The van der Waals surface area contributed by atoms with E-state index in [1.165, 1.54) is 7.11 Å². The van der Waals surface area contributed by atoms with E-state index in [2.05, 4.69) is 10.1 Å². The number of hydrogen-bond donors (Lipinski definition) is 1. The summed E-state index contributed by atoms with van der Waals surface area (Å²) in [5.41, 5.74) is 1.63. The number of rotatable bonds is 11. The summed E-state index contributed by atoms with van der Waals surface area (Å²) in [5, 5.41) is 3.14. The highest BCUT2D eigenvalue weighted by molar-refractivity contribution is 5.72. The van der Waals surface area contributed by atoms with Crippen LogP contribution < -0.4 is 10.1 Å². The smallest absolute Gasteiger partial charge is 0.320 e. The van der Waals surface area contributed by atoms with Gasteiger partial charge in [0.25, 0.3) is 0 Å². The van der Waals surface area contributed by atoms with E-state index in [1.54, 1.807) is 0 Å². The SMILES string of the molecule is COC(=O)CCc1ccc(OC(CCNCC(=O)OC(C)(C)C)c2ccccc2)cc1. The Labute approximate surface area is 184 Å². The van der Waals surface area contributed by atoms with Crippen molar-refractivity contribution in [1.82, 2.24) is 5.32 Å². The van der Waals surface area contributed by atoms with Crippen molar-refractivity contribution in [3.63, 3.8) is 0 Å². The molecule has 0 aromatic heterocycles. The van der Waals surface area contributed by atoms with Crippen LogP contribution in [0.5, 0.6) is 5.75 Å². The van der Waals surface area contributed by atoms with Crippen LogP contribution in [-0.4, -0.2) is 37.7 Å². The Morgan fingerprint density at radius 2 is 1.65 bits per heavy atom. The monoisotopic (exact) mass is 427 g/mol. The summed E-state index contributed by atoms with van der Waals surface area (Å²) in [5.74, 6) is 0.262. The summed E-state index contributed by atoms with van der Waals surface area (Å²) in [6, 6.07) is 17.7. The van der Waals surface area contributed by atoms with Gasteiger partial charge in [-0.2, -0.15) is 0 Å². The Hall–Kier alpha value is -2.86. The fourth-order valence-corrected chi connectivity index (χ4v) is 3.01. The third kappa shape index (κ3) is 9.66. The van der Waals surface area contributed by atoms with Crippen molar-refractivity contribution in [3.05, 3.63) is 65.7 Å². The minimum absolute atomic E-state index is 0.159. The number of carbonyl (C=O) groups excluding carboxylic acids is 2. The van der Waals surface area contributed by atoms with Gasteiger partial charge in [0.1, 0.15) is 17.5 Å². The lowest BCUT2D eigenvalue weighted by Gasteiger charge is -2.21. The molecule has 1 atom stereocenters. The zero-order chi connectivity index (χ0) is 22.7. The second-order valence-corrected chi connectivity index (χ2v) is 8.29. The molecule has 0 aliphatic heterocycles. The molecule has 0 spiro atoms. The molecular formula is C25H33NO5. The van der Waals surface area contributed by atoms with E-state index in [0.717, 1.165) is 16.9 Å². The van der Waals surface area contributed by atoms with Crippen LogP contribution in [0.25, 0.3) is 0 Å². The van der Waals surface area contributed by atoms with E-state index >= 15 is 0 Å². The molecule has 0 saturated heterocycles. The number of ether oxygens (including phenoxy) is 3. The molecule has 0 aliphatic carbocycles. The number of methoxy groups -OCH3 is 1. The quantitative estimate of drug-likeness (QED) is 0.427. The first-order valence-electron chi connectivity index (χ1n) is 10.6. The Kier molecular flexibility index (Phi) is 9.53. The zero-order valence-electron chi connectivity index (χ0n) is 18.9. The first kappa shape index (κ1) is 24.4. The lowest BCUT2D eigenvalue weighted by Crippen LogP contribution is -2.32. The van der Waals surface area contributed by atoms with Gasteiger partial charge in [-0.15, -0.1) is 0 Å². The fourth-order valence-electron chi connectivity index (χ4n) is 3.01. The van der Waals surface area contributed by atoms with E-state index in [-0.39, 0.29) is 24.6 Å². The van der Waals surface area contributed by atoms with Crippen molar-refractivity contribution in [3.8, 4) is 5.75 Å². The molecule has 168 valence electrons. The van der Waals surface area contributed by atoms with Crippen molar-refractivity contribution < 1.29 is 23.8 Å². The molecule has 0 saturated carbocycles. The summed E-state index contributed by atoms with van der Waals surface area (Å²) in [4.78, 5) is 23.2. The van der Waals surface area contributed by atoms with Gasteiger partial charge in [0.2, 0.25) is 0 Å². The normalized spacial score (nSPS) is 12.1. The number of carbonyl (C=O) groups is 2. The first-order chi connectivity index (χ1) is 14.8. The van der Waals surface area contributed by atoms with Crippen LogP contribution in [0.1, 0.15) is 50.8 Å². The van der Waals surface area contributed by atoms with Crippen molar-refractivity contribution >= 4 is 11.9 Å². The maximum absolute atomic E-state index is 11.9. The van der Waals surface area contributed by atoms with E-state index in [4.69, 9.17) is 9.47 Å². The van der Waals surface area contributed by atoms with Crippen LogP contribution in [0.2, 0.25) is 0 Å². The highest BCUT2D eigenvalue weighted by atomic mass is 16.6. The molecule has 31 heavy (non-hydrogen) atoms. The van der Waals surface area contributed by atoms with Gasteiger partial charge in [0.15, 0.2) is 0 Å². The van der Waals surface area contributed by atoms with E-state index in [9.17, 15) is 9.59 Å². The van der Waals surface area contributed by atoms with Crippen molar-refractivity contribution in [1.29, 1.82) is 0 Å². The predicted octanol–water partition coefficient (Wildman–Crippen LogP) is 4.23. The Bertz CT molecular complexity index is 812. The molecule has 0 fully saturated rings. The minimum atomic E-state index is -0.489. The average molecular weight is 428 g/mol. The largest absolute Gasteiger partial charge is 0.486 e. The van der Waals surface area contributed by atoms with Gasteiger partial charge < -0.3 is 19.5 Å². The molecule has 0 aliphatic rings. The number of nitrogens with one attached hydrogen (secondary N) is 1.